The second kappa shape index (κ2) is 16.5. The summed E-state index contributed by atoms with van der Waals surface area (Å²) in [7, 11) is 1.25. The van der Waals surface area contributed by atoms with Crippen LogP contribution in [0, 0.1) is 5.41 Å². The average molecular weight is 563 g/mol. The Balaban J connectivity index is 1.82. The maximum Gasteiger partial charge on any atom is 0.328 e. The first kappa shape index (κ1) is 33.5. The van der Waals surface area contributed by atoms with E-state index in [1.807, 2.05) is 55.5 Å². The first-order valence-electron chi connectivity index (χ1n) is 14.2. The van der Waals surface area contributed by atoms with E-state index in [1.54, 1.807) is 6.08 Å². The van der Waals surface area contributed by atoms with E-state index in [0.717, 1.165) is 16.7 Å². The second-order valence-electron chi connectivity index (χ2n) is 11.3. The monoisotopic (exact) mass is 562 g/mol. The van der Waals surface area contributed by atoms with E-state index >= 15 is 0 Å². The maximum atomic E-state index is 12.6. The number of hydrogen-bond donors (Lipinski definition) is 2. The van der Waals surface area contributed by atoms with Crippen molar-refractivity contribution < 1.29 is 23.9 Å². The fourth-order valence-corrected chi connectivity index (χ4v) is 4.76. The van der Waals surface area contributed by atoms with Gasteiger partial charge in [-0.3, -0.25) is 9.59 Å². The van der Waals surface area contributed by atoms with Crippen LogP contribution < -0.4 is 11.1 Å². The molecule has 3 N–H and O–H groups in total. The Hall–Kier alpha value is -3.71. The summed E-state index contributed by atoms with van der Waals surface area (Å²) < 4.78 is 10.0. The first-order chi connectivity index (χ1) is 19.4. The van der Waals surface area contributed by atoms with E-state index in [1.165, 1.54) is 37.5 Å². The number of allylic oxidation sites excluding steroid dienone is 9. The van der Waals surface area contributed by atoms with Crippen molar-refractivity contribution in [3.63, 3.8) is 0 Å². The van der Waals surface area contributed by atoms with E-state index in [-0.39, 0.29) is 24.9 Å². The minimum atomic E-state index is -1.16. The summed E-state index contributed by atoms with van der Waals surface area (Å²) in [4.78, 5) is 36.9. The topological polar surface area (TPSA) is 108 Å². The third-order valence-corrected chi connectivity index (χ3v) is 7.23. The Morgan fingerprint density at radius 2 is 1.80 bits per heavy atom. The molecule has 1 unspecified atom stereocenters. The summed E-state index contributed by atoms with van der Waals surface area (Å²) in [5.41, 5.74) is 12.0. The summed E-state index contributed by atoms with van der Waals surface area (Å²) in [5, 5.41) is 2.58. The lowest BCUT2D eigenvalue weighted by molar-refractivity contribution is -0.146. The molecule has 0 bridgehead atoms. The Morgan fingerprint density at radius 3 is 2.46 bits per heavy atom. The van der Waals surface area contributed by atoms with Crippen molar-refractivity contribution in [2.45, 2.75) is 78.8 Å². The van der Waals surface area contributed by atoms with E-state index in [9.17, 15) is 14.4 Å². The van der Waals surface area contributed by atoms with Crippen molar-refractivity contribution in [1.29, 1.82) is 0 Å². The number of methoxy groups -OCH3 is 1. The summed E-state index contributed by atoms with van der Waals surface area (Å²) in [5.74, 6) is -1.82. The van der Waals surface area contributed by atoms with Gasteiger partial charge in [-0.05, 0) is 62.7 Å². The van der Waals surface area contributed by atoms with Crippen LogP contribution in [0.2, 0.25) is 0 Å². The van der Waals surface area contributed by atoms with Gasteiger partial charge in [0.15, 0.2) is 0 Å². The van der Waals surface area contributed by atoms with Gasteiger partial charge in [-0.2, -0.15) is 0 Å². The van der Waals surface area contributed by atoms with Crippen LogP contribution in [0.4, 0.5) is 0 Å². The second-order valence-corrected chi connectivity index (χ2v) is 11.3. The van der Waals surface area contributed by atoms with Crippen LogP contribution in [-0.4, -0.2) is 43.6 Å². The van der Waals surface area contributed by atoms with Gasteiger partial charge >= 0.3 is 11.9 Å². The first-order valence-corrected chi connectivity index (χ1v) is 14.2. The number of amides is 1. The van der Waals surface area contributed by atoms with Crippen LogP contribution in [0.3, 0.4) is 0 Å². The molecule has 222 valence electrons. The molecule has 0 aliphatic heterocycles. The predicted molar refractivity (Wildman–Crippen MR) is 164 cm³/mol. The lowest BCUT2D eigenvalue weighted by atomic mass is 9.72. The smallest absolute Gasteiger partial charge is 0.328 e. The lowest BCUT2D eigenvalue weighted by Gasteiger charge is -2.32. The number of nitrogens with one attached hydrogen (secondary N) is 1. The molecule has 2 rings (SSSR count). The van der Waals surface area contributed by atoms with Crippen LogP contribution in [0.1, 0.15) is 65.9 Å². The molecule has 1 aromatic carbocycles. The van der Waals surface area contributed by atoms with Crippen molar-refractivity contribution in [1.82, 2.24) is 5.32 Å². The molecule has 0 fully saturated rings. The Labute approximate surface area is 245 Å². The highest BCUT2D eigenvalue weighted by Gasteiger charge is 2.27. The Bertz CT molecular complexity index is 1200. The van der Waals surface area contributed by atoms with E-state index in [4.69, 9.17) is 15.2 Å². The van der Waals surface area contributed by atoms with Gasteiger partial charge in [0.25, 0.3) is 0 Å². The zero-order valence-electron chi connectivity index (χ0n) is 25.4. The summed E-state index contributed by atoms with van der Waals surface area (Å²) in [6.45, 7) is 10.9. The molecule has 0 saturated heterocycles. The van der Waals surface area contributed by atoms with Crippen LogP contribution in [0.25, 0.3) is 0 Å². The highest BCUT2D eigenvalue weighted by Crippen LogP contribution is 2.40. The summed E-state index contributed by atoms with van der Waals surface area (Å²) >= 11 is 0. The van der Waals surface area contributed by atoms with E-state index in [2.05, 4.69) is 45.2 Å². The van der Waals surface area contributed by atoms with E-state index in [0.29, 0.717) is 0 Å². The van der Waals surface area contributed by atoms with Crippen molar-refractivity contribution in [3.05, 3.63) is 94.6 Å². The van der Waals surface area contributed by atoms with Gasteiger partial charge in [-0.15, -0.1) is 0 Å². The van der Waals surface area contributed by atoms with E-state index < -0.39 is 29.9 Å². The molecule has 1 amide bonds. The van der Waals surface area contributed by atoms with Gasteiger partial charge in [0.2, 0.25) is 5.91 Å². The molecule has 1 aliphatic rings. The lowest BCUT2D eigenvalue weighted by Crippen LogP contribution is -2.50. The molecule has 1 aromatic rings. The van der Waals surface area contributed by atoms with Crippen LogP contribution >= 0.6 is 0 Å². The van der Waals surface area contributed by atoms with Gasteiger partial charge in [0.05, 0.1) is 19.6 Å². The van der Waals surface area contributed by atoms with Crippen LogP contribution in [-0.2, 0) is 30.3 Å². The number of esters is 2. The molecule has 0 spiro atoms. The fourth-order valence-electron chi connectivity index (χ4n) is 4.76. The number of ether oxygens (including phenoxy) is 2. The molecule has 7 nitrogen and oxygen atoms in total. The Kier molecular flexibility index (Phi) is 13.5. The quantitative estimate of drug-likeness (QED) is 0.237. The molecule has 1 aliphatic carbocycles. The third kappa shape index (κ3) is 11.7. The van der Waals surface area contributed by atoms with Gasteiger partial charge in [-0.25, -0.2) is 4.79 Å². The summed E-state index contributed by atoms with van der Waals surface area (Å²) in [6, 6.07) is 7.15. The highest BCUT2D eigenvalue weighted by atomic mass is 16.5. The van der Waals surface area contributed by atoms with Crippen molar-refractivity contribution in [2.75, 3.05) is 13.7 Å². The number of carbonyl (C=O) groups excluding carboxylic acids is 3. The molecule has 0 saturated carbocycles. The number of carbonyl (C=O) groups is 3. The molecule has 7 heteroatoms. The molecule has 0 aromatic heterocycles. The average Bonchev–Trinajstić information content (AvgIpc) is 2.92. The summed E-state index contributed by atoms with van der Waals surface area (Å²) in [6.07, 6.45) is 15.7. The zero-order valence-corrected chi connectivity index (χ0v) is 25.4. The van der Waals surface area contributed by atoms with Crippen molar-refractivity contribution >= 4 is 17.8 Å². The predicted octanol–water partition coefficient (Wildman–Crippen LogP) is 5.68. The number of nitrogens with two attached hydrogens (primary N) is 1. The molecular formula is C34H46N2O5. The normalized spacial score (nSPS) is 17.4. The van der Waals surface area contributed by atoms with Gasteiger partial charge < -0.3 is 20.5 Å². The molecule has 0 radical (unpaired) electrons. The highest BCUT2D eigenvalue weighted by molar-refractivity contribution is 5.90. The molecular weight excluding hydrogens is 516 g/mol. The molecule has 2 atom stereocenters. The van der Waals surface area contributed by atoms with Crippen LogP contribution in [0.15, 0.2) is 89.1 Å². The minimum absolute atomic E-state index is 0.0627. The third-order valence-electron chi connectivity index (χ3n) is 7.23. The number of hydrogen-bond acceptors (Lipinski definition) is 6. The molecule has 41 heavy (non-hydrogen) atoms. The number of benzene rings is 1. The van der Waals surface area contributed by atoms with Gasteiger partial charge in [0.1, 0.15) is 12.6 Å². The SMILES string of the molecule is COC(=O)C(Cc1ccccc1)NC(=O)[C@@H](N)CC(=O)OC/C=C(C)/C=C/C=C(C)/C=C/C1=C(C)CCCC1(C)C. The maximum absolute atomic E-state index is 12.6. The van der Waals surface area contributed by atoms with Crippen molar-refractivity contribution in [2.24, 2.45) is 11.1 Å². The standard InChI is InChI=1S/C34H46N2O5/c1-24(17-18-28-26(3)14-11-20-34(28,4)5)12-10-13-25(2)19-21-41-31(37)23-29(35)32(38)36-30(33(39)40-6)22-27-15-8-7-9-16-27/h7-10,12-13,15-19,29-30H,11,14,20-23,35H2,1-6H3,(H,36,38)/b13-10+,18-17+,24-12+,25-19+/t29-,30?/m0/s1. The fraction of sp³-hybridized carbons (Fsp3) is 0.441. The minimum Gasteiger partial charge on any atom is -0.467 e. The largest absolute Gasteiger partial charge is 0.467 e. The van der Waals surface area contributed by atoms with Gasteiger partial charge in [0, 0.05) is 6.42 Å². The zero-order chi connectivity index (χ0) is 30.4. The van der Waals surface area contributed by atoms with Crippen LogP contribution in [0.5, 0.6) is 0 Å². The molecule has 0 heterocycles. The number of rotatable bonds is 13. The van der Waals surface area contributed by atoms with Crippen molar-refractivity contribution in [3.8, 4) is 0 Å². The Morgan fingerprint density at radius 1 is 1.10 bits per heavy atom. The van der Waals surface area contributed by atoms with Gasteiger partial charge in [-0.1, -0.05) is 91.3 Å².